The number of methoxy groups -OCH3 is 1. The van der Waals surface area contributed by atoms with Crippen LogP contribution >= 0.6 is 11.6 Å². The molecule has 0 aliphatic heterocycles. The Morgan fingerprint density at radius 1 is 1.47 bits per heavy atom. The Balaban J connectivity index is 2.73. The third-order valence-corrected chi connectivity index (χ3v) is 2.54. The Labute approximate surface area is 114 Å². The predicted octanol–water partition coefficient (Wildman–Crippen LogP) is 0.916. The van der Waals surface area contributed by atoms with Crippen LogP contribution in [-0.2, 0) is 4.79 Å². The molecule has 1 atom stereocenters. The lowest BCUT2D eigenvalue weighted by molar-refractivity contribution is -0.140. The molecule has 0 radical (unpaired) electrons. The second kappa shape index (κ2) is 6.81. The van der Waals surface area contributed by atoms with Crippen molar-refractivity contribution in [3.05, 3.63) is 23.2 Å². The largest absolute Gasteiger partial charge is 0.497 e. The molecule has 0 aliphatic rings. The highest BCUT2D eigenvalue weighted by atomic mass is 35.5. The maximum Gasteiger partial charge on any atom is 0.328 e. The van der Waals surface area contributed by atoms with Crippen LogP contribution < -0.4 is 15.4 Å². The van der Waals surface area contributed by atoms with E-state index in [-0.39, 0.29) is 10.7 Å². The van der Waals surface area contributed by atoms with Gasteiger partial charge in [0.1, 0.15) is 5.75 Å². The molecule has 0 aliphatic carbocycles. The van der Waals surface area contributed by atoms with E-state index < -0.39 is 24.6 Å². The van der Waals surface area contributed by atoms with E-state index in [0.717, 1.165) is 0 Å². The molecule has 7 nitrogen and oxygen atoms in total. The first-order chi connectivity index (χ1) is 8.97. The Bertz CT molecular complexity index is 480. The summed E-state index contributed by atoms with van der Waals surface area (Å²) in [5.41, 5.74) is 0.264. The first-order valence-corrected chi connectivity index (χ1v) is 5.60. The number of urea groups is 1. The van der Waals surface area contributed by atoms with E-state index in [1.165, 1.54) is 19.2 Å². The van der Waals surface area contributed by atoms with Crippen molar-refractivity contribution in [1.82, 2.24) is 5.32 Å². The van der Waals surface area contributed by atoms with Crippen molar-refractivity contribution in [3.63, 3.8) is 0 Å². The fraction of sp³-hybridized carbons (Fsp3) is 0.273. The SMILES string of the molecule is COc1ccc(Cl)c(NC(=O)N[C@@H](CO)C(=O)O)c1. The van der Waals surface area contributed by atoms with Gasteiger partial charge >= 0.3 is 12.0 Å². The zero-order valence-corrected chi connectivity index (χ0v) is 10.8. The molecule has 0 heterocycles. The summed E-state index contributed by atoms with van der Waals surface area (Å²) in [6, 6.07) is 2.44. The van der Waals surface area contributed by atoms with Gasteiger partial charge in [-0.1, -0.05) is 11.6 Å². The number of hydrogen-bond donors (Lipinski definition) is 4. The lowest BCUT2D eigenvalue weighted by atomic mass is 10.3. The van der Waals surface area contributed by atoms with Crippen molar-refractivity contribution in [3.8, 4) is 5.75 Å². The zero-order valence-electron chi connectivity index (χ0n) is 10.0. The molecule has 104 valence electrons. The van der Waals surface area contributed by atoms with Crippen molar-refractivity contribution in [2.45, 2.75) is 6.04 Å². The van der Waals surface area contributed by atoms with Gasteiger partial charge in [0.2, 0.25) is 0 Å². The molecule has 0 unspecified atom stereocenters. The number of carbonyl (C=O) groups is 2. The van der Waals surface area contributed by atoms with Gasteiger partial charge in [-0.3, -0.25) is 0 Å². The topological polar surface area (TPSA) is 108 Å². The number of carbonyl (C=O) groups excluding carboxylic acids is 1. The third kappa shape index (κ3) is 4.31. The Morgan fingerprint density at radius 3 is 2.68 bits per heavy atom. The minimum Gasteiger partial charge on any atom is -0.497 e. The molecule has 0 bridgehead atoms. The number of benzene rings is 1. The highest BCUT2D eigenvalue weighted by Crippen LogP contribution is 2.26. The zero-order chi connectivity index (χ0) is 14.4. The standard InChI is InChI=1S/C11H13ClN2O5/c1-19-6-2-3-7(12)8(4-6)13-11(18)14-9(5-15)10(16)17/h2-4,9,15H,5H2,1H3,(H,16,17)(H2,13,14,18)/t9-/m0/s1. The fourth-order valence-electron chi connectivity index (χ4n) is 1.23. The summed E-state index contributed by atoms with van der Waals surface area (Å²) in [6.45, 7) is -0.714. The van der Waals surface area contributed by atoms with Gasteiger partial charge in [-0.15, -0.1) is 0 Å². The van der Waals surface area contributed by atoms with Gasteiger partial charge in [0, 0.05) is 6.07 Å². The number of hydrogen-bond acceptors (Lipinski definition) is 4. The number of rotatable bonds is 5. The summed E-state index contributed by atoms with van der Waals surface area (Å²) >= 11 is 5.87. The highest BCUT2D eigenvalue weighted by molar-refractivity contribution is 6.33. The normalized spacial score (nSPS) is 11.5. The van der Waals surface area contributed by atoms with Gasteiger partial charge < -0.3 is 25.6 Å². The summed E-state index contributed by atoms with van der Waals surface area (Å²) in [7, 11) is 1.46. The number of ether oxygens (including phenoxy) is 1. The molecule has 0 aromatic heterocycles. The van der Waals surface area contributed by atoms with Gasteiger partial charge in [-0.25, -0.2) is 9.59 Å². The second-order valence-electron chi connectivity index (χ2n) is 3.52. The van der Waals surface area contributed by atoms with Gasteiger partial charge in [-0.2, -0.15) is 0 Å². The summed E-state index contributed by atoms with van der Waals surface area (Å²) in [6.07, 6.45) is 0. The van der Waals surface area contributed by atoms with Crippen molar-refractivity contribution in [2.75, 3.05) is 19.0 Å². The molecule has 0 saturated heterocycles. The number of halogens is 1. The van der Waals surface area contributed by atoms with E-state index in [2.05, 4.69) is 10.6 Å². The lowest BCUT2D eigenvalue weighted by Crippen LogP contribution is -2.45. The van der Waals surface area contributed by atoms with Crippen LogP contribution in [0.2, 0.25) is 5.02 Å². The molecule has 19 heavy (non-hydrogen) atoms. The Morgan fingerprint density at radius 2 is 2.16 bits per heavy atom. The fourth-order valence-corrected chi connectivity index (χ4v) is 1.39. The molecule has 1 aromatic rings. The van der Waals surface area contributed by atoms with Crippen LogP contribution in [-0.4, -0.2) is 42.0 Å². The molecule has 8 heteroatoms. The first kappa shape index (κ1) is 15.1. The van der Waals surface area contributed by atoms with Crippen LogP contribution in [0.3, 0.4) is 0 Å². The van der Waals surface area contributed by atoms with E-state index >= 15 is 0 Å². The van der Waals surface area contributed by atoms with Gasteiger partial charge in [0.15, 0.2) is 6.04 Å². The molecule has 0 saturated carbocycles. The number of aliphatic hydroxyl groups excluding tert-OH is 1. The van der Waals surface area contributed by atoms with Crippen LogP contribution in [0.15, 0.2) is 18.2 Å². The average Bonchev–Trinajstić information content (AvgIpc) is 2.38. The lowest BCUT2D eigenvalue weighted by Gasteiger charge is -2.13. The van der Waals surface area contributed by atoms with Crippen LogP contribution in [0.5, 0.6) is 5.75 Å². The summed E-state index contributed by atoms with van der Waals surface area (Å²) in [5.74, 6) is -0.856. The van der Waals surface area contributed by atoms with Crippen LogP contribution in [0.1, 0.15) is 0 Å². The molecule has 4 N–H and O–H groups in total. The minimum absolute atomic E-state index is 0.264. The number of carboxylic acid groups (broad SMARTS) is 1. The molecule has 1 rings (SSSR count). The highest BCUT2D eigenvalue weighted by Gasteiger charge is 2.19. The molecule has 0 spiro atoms. The van der Waals surface area contributed by atoms with Gasteiger partial charge in [-0.05, 0) is 12.1 Å². The van der Waals surface area contributed by atoms with Crippen molar-refractivity contribution >= 4 is 29.3 Å². The number of amides is 2. The average molecular weight is 289 g/mol. The summed E-state index contributed by atoms with van der Waals surface area (Å²) in [4.78, 5) is 22.2. The third-order valence-electron chi connectivity index (χ3n) is 2.21. The van der Waals surface area contributed by atoms with Gasteiger partial charge in [0.05, 0.1) is 24.4 Å². The van der Waals surface area contributed by atoms with Gasteiger partial charge in [0.25, 0.3) is 0 Å². The number of anilines is 1. The van der Waals surface area contributed by atoms with E-state index in [1.807, 2.05) is 0 Å². The second-order valence-corrected chi connectivity index (χ2v) is 3.92. The smallest absolute Gasteiger partial charge is 0.328 e. The van der Waals surface area contributed by atoms with Crippen LogP contribution in [0.4, 0.5) is 10.5 Å². The molecule has 2 amide bonds. The monoisotopic (exact) mass is 288 g/mol. The van der Waals surface area contributed by atoms with Crippen molar-refractivity contribution in [1.29, 1.82) is 0 Å². The number of aliphatic carboxylic acids is 1. The first-order valence-electron chi connectivity index (χ1n) is 5.22. The molecule has 1 aromatic carbocycles. The van der Waals surface area contributed by atoms with Crippen molar-refractivity contribution in [2.24, 2.45) is 0 Å². The number of carboxylic acids is 1. The van der Waals surface area contributed by atoms with Crippen LogP contribution in [0.25, 0.3) is 0 Å². The summed E-state index contributed by atoms with van der Waals surface area (Å²) in [5, 5.41) is 22.2. The number of aliphatic hydroxyl groups is 1. The maximum atomic E-state index is 11.5. The van der Waals surface area contributed by atoms with Crippen LogP contribution in [0, 0.1) is 0 Å². The number of nitrogens with one attached hydrogen (secondary N) is 2. The Hall–Kier alpha value is -1.99. The van der Waals surface area contributed by atoms with E-state index in [0.29, 0.717) is 5.75 Å². The Kier molecular flexibility index (Phi) is 5.40. The van der Waals surface area contributed by atoms with E-state index in [1.54, 1.807) is 6.07 Å². The van der Waals surface area contributed by atoms with Crippen molar-refractivity contribution < 1.29 is 24.5 Å². The molecule has 0 fully saturated rings. The van der Waals surface area contributed by atoms with E-state index in [4.69, 9.17) is 26.6 Å². The predicted molar refractivity (Wildman–Crippen MR) is 68.7 cm³/mol. The summed E-state index contributed by atoms with van der Waals surface area (Å²) < 4.78 is 4.97. The minimum atomic E-state index is -1.38. The molecular weight excluding hydrogens is 276 g/mol. The quantitative estimate of drug-likeness (QED) is 0.644. The molecular formula is C11H13ClN2O5. The maximum absolute atomic E-state index is 11.5. The van der Waals surface area contributed by atoms with E-state index in [9.17, 15) is 9.59 Å².